The van der Waals surface area contributed by atoms with Gasteiger partial charge in [-0.3, -0.25) is 0 Å². The van der Waals surface area contributed by atoms with Crippen LogP contribution in [0.25, 0.3) is 0 Å². The Morgan fingerprint density at radius 2 is 1.03 bits per heavy atom. The molecule has 0 bridgehead atoms. The van der Waals surface area contributed by atoms with Gasteiger partial charge in [-0.05, 0) is 59.7 Å². The molecular weight excluding hydrogens is 352 g/mol. The Kier molecular flexibility index (Phi) is 4.13. The van der Waals surface area contributed by atoms with Crippen molar-refractivity contribution in [3.05, 3.63) is 114 Å². The Balaban J connectivity index is 1.58. The first-order valence-corrected chi connectivity index (χ1v) is 10.1. The Hall–Kier alpha value is -3.52. The zero-order valence-electron chi connectivity index (χ0n) is 16.8. The molecule has 1 N–H and O–H groups in total. The van der Waals surface area contributed by atoms with E-state index in [1.54, 1.807) is 0 Å². The summed E-state index contributed by atoms with van der Waals surface area (Å²) in [5.41, 5.74) is 8.52. The minimum atomic E-state index is -0.0293. The highest BCUT2D eigenvalue weighted by Crippen LogP contribution is 2.51. The van der Waals surface area contributed by atoms with Crippen LogP contribution in [0.5, 0.6) is 0 Å². The topological polar surface area (TPSA) is 15.3 Å². The van der Waals surface area contributed by atoms with E-state index in [2.05, 4.69) is 109 Å². The largest absolute Gasteiger partial charge is 0.356 e. The molecular formula is C27H24N2. The lowest BCUT2D eigenvalue weighted by atomic mass is 9.73. The quantitative estimate of drug-likeness (QED) is 0.397. The SMILES string of the molecule is CC1(C)c2ccccc2N(c2ccc(Nc3ccccc3)cc2)c2ccccc21. The molecule has 2 nitrogen and oxygen atoms in total. The molecule has 4 aromatic carbocycles. The first-order chi connectivity index (χ1) is 14.1. The average molecular weight is 377 g/mol. The van der Waals surface area contributed by atoms with Gasteiger partial charge in [-0.2, -0.15) is 0 Å². The van der Waals surface area contributed by atoms with E-state index in [4.69, 9.17) is 0 Å². The maximum atomic E-state index is 3.47. The van der Waals surface area contributed by atoms with Crippen LogP contribution < -0.4 is 10.2 Å². The number of benzene rings is 4. The lowest BCUT2D eigenvalue weighted by Crippen LogP contribution is -2.30. The number of para-hydroxylation sites is 3. The van der Waals surface area contributed by atoms with Gasteiger partial charge >= 0.3 is 0 Å². The number of rotatable bonds is 3. The minimum Gasteiger partial charge on any atom is -0.356 e. The van der Waals surface area contributed by atoms with Crippen molar-refractivity contribution in [1.29, 1.82) is 0 Å². The lowest BCUT2D eigenvalue weighted by Gasteiger charge is -2.42. The maximum Gasteiger partial charge on any atom is 0.0502 e. The molecule has 0 unspecified atom stereocenters. The van der Waals surface area contributed by atoms with Crippen molar-refractivity contribution in [3.63, 3.8) is 0 Å². The van der Waals surface area contributed by atoms with Crippen LogP contribution in [0.3, 0.4) is 0 Å². The fraction of sp³-hybridized carbons (Fsp3) is 0.111. The molecule has 0 saturated heterocycles. The summed E-state index contributed by atoms with van der Waals surface area (Å²) in [7, 11) is 0. The molecule has 5 rings (SSSR count). The molecule has 0 amide bonds. The molecule has 0 atom stereocenters. The molecule has 0 fully saturated rings. The smallest absolute Gasteiger partial charge is 0.0502 e. The molecule has 4 aromatic rings. The highest BCUT2D eigenvalue weighted by atomic mass is 15.2. The Morgan fingerprint density at radius 1 is 0.552 bits per heavy atom. The molecule has 142 valence electrons. The van der Waals surface area contributed by atoms with Gasteiger partial charge in [-0.15, -0.1) is 0 Å². The molecule has 1 heterocycles. The molecule has 0 aliphatic carbocycles. The summed E-state index contributed by atoms with van der Waals surface area (Å²) in [6.07, 6.45) is 0. The fourth-order valence-corrected chi connectivity index (χ4v) is 4.33. The van der Waals surface area contributed by atoms with Crippen LogP contribution in [-0.4, -0.2) is 0 Å². The normalized spacial score (nSPS) is 14.1. The van der Waals surface area contributed by atoms with Crippen LogP contribution in [0.1, 0.15) is 25.0 Å². The molecule has 1 aliphatic rings. The van der Waals surface area contributed by atoms with Gasteiger partial charge in [0.05, 0.1) is 11.4 Å². The van der Waals surface area contributed by atoms with E-state index in [1.807, 2.05) is 18.2 Å². The maximum absolute atomic E-state index is 3.47. The molecule has 0 spiro atoms. The second-order valence-corrected chi connectivity index (χ2v) is 8.03. The zero-order valence-corrected chi connectivity index (χ0v) is 16.8. The number of hydrogen-bond donors (Lipinski definition) is 1. The molecule has 0 radical (unpaired) electrons. The highest BCUT2D eigenvalue weighted by molar-refractivity contribution is 5.86. The summed E-state index contributed by atoms with van der Waals surface area (Å²) in [5, 5.41) is 3.47. The van der Waals surface area contributed by atoms with Crippen molar-refractivity contribution in [2.24, 2.45) is 0 Å². The minimum absolute atomic E-state index is 0.0293. The van der Waals surface area contributed by atoms with E-state index >= 15 is 0 Å². The number of nitrogens with one attached hydrogen (secondary N) is 1. The third-order valence-corrected chi connectivity index (χ3v) is 5.82. The summed E-state index contributed by atoms with van der Waals surface area (Å²) in [5.74, 6) is 0. The molecule has 0 saturated carbocycles. The van der Waals surface area contributed by atoms with E-state index in [9.17, 15) is 0 Å². The zero-order chi connectivity index (χ0) is 19.8. The van der Waals surface area contributed by atoms with Gasteiger partial charge in [0.15, 0.2) is 0 Å². The second-order valence-electron chi connectivity index (χ2n) is 8.03. The van der Waals surface area contributed by atoms with E-state index in [1.165, 1.54) is 28.2 Å². The Morgan fingerprint density at radius 3 is 1.62 bits per heavy atom. The number of hydrogen-bond acceptors (Lipinski definition) is 2. The van der Waals surface area contributed by atoms with Crippen molar-refractivity contribution < 1.29 is 0 Å². The van der Waals surface area contributed by atoms with Crippen molar-refractivity contribution >= 4 is 28.4 Å². The second kappa shape index (κ2) is 6.82. The van der Waals surface area contributed by atoms with Crippen LogP contribution in [0.4, 0.5) is 28.4 Å². The fourth-order valence-electron chi connectivity index (χ4n) is 4.33. The molecule has 2 heteroatoms. The van der Waals surface area contributed by atoms with Crippen LogP contribution in [0.15, 0.2) is 103 Å². The predicted molar refractivity (Wildman–Crippen MR) is 123 cm³/mol. The number of anilines is 5. The number of nitrogens with zero attached hydrogens (tertiary/aromatic N) is 1. The highest BCUT2D eigenvalue weighted by Gasteiger charge is 2.36. The van der Waals surface area contributed by atoms with Gasteiger partial charge in [0.25, 0.3) is 0 Å². The number of fused-ring (bicyclic) bond motifs is 2. The van der Waals surface area contributed by atoms with Gasteiger partial charge < -0.3 is 10.2 Å². The van der Waals surface area contributed by atoms with Crippen LogP contribution in [0.2, 0.25) is 0 Å². The predicted octanol–water partition coefficient (Wildman–Crippen LogP) is 7.54. The van der Waals surface area contributed by atoms with E-state index < -0.39 is 0 Å². The van der Waals surface area contributed by atoms with Gasteiger partial charge in [0.1, 0.15) is 0 Å². The van der Waals surface area contributed by atoms with Gasteiger partial charge in [-0.1, -0.05) is 68.4 Å². The van der Waals surface area contributed by atoms with E-state index in [0.29, 0.717) is 0 Å². The average Bonchev–Trinajstić information content (AvgIpc) is 2.76. The summed E-state index contributed by atoms with van der Waals surface area (Å²) < 4.78 is 0. The van der Waals surface area contributed by atoms with Crippen LogP contribution >= 0.6 is 0 Å². The Bertz CT molecular complexity index is 1100. The first-order valence-electron chi connectivity index (χ1n) is 10.1. The van der Waals surface area contributed by atoms with E-state index in [-0.39, 0.29) is 5.41 Å². The molecule has 0 aromatic heterocycles. The molecule has 1 aliphatic heterocycles. The first kappa shape index (κ1) is 17.6. The van der Waals surface area contributed by atoms with Crippen molar-refractivity contribution in [1.82, 2.24) is 0 Å². The standard InChI is InChI=1S/C27H24N2/c1-27(2)23-12-6-8-14-25(23)29(26-15-9-7-13-24(26)27)22-18-16-21(17-19-22)28-20-10-4-3-5-11-20/h3-19,28H,1-2H3. The van der Waals surface area contributed by atoms with Gasteiger partial charge in [0.2, 0.25) is 0 Å². The summed E-state index contributed by atoms with van der Waals surface area (Å²) >= 11 is 0. The van der Waals surface area contributed by atoms with Crippen molar-refractivity contribution in [2.45, 2.75) is 19.3 Å². The summed E-state index contributed by atoms with van der Waals surface area (Å²) in [6.45, 7) is 4.63. The van der Waals surface area contributed by atoms with Crippen molar-refractivity contribution in [2.75, 3.05) is 10.2 Å². The van der Waals surface area contributed by atoms with Crippen molar-refractivity contribution in [3.8, 4) is 0 Å². The third-order valence-electron chi connectivity index (χ3n) is 5.82. The van der Waals surface area contributed by atoms with Gasteiger partial charge in [-0.25, -0.2) is 0 Å². The monoisotopic (exact) mass is 376 g/mol. The van der Waals surface area contributed by atoms with Gasteiger partial charge in [0, 0.05) is 22.5 Å². The third kappa shape index (κ3) is 2.98. The summed E-state index contributed by atoms with van der Waals surface area (Å²) in [6, 6.07) is 36.4. The Labute approximate surface area is 172 Å². The van der Waals surface area contributed by atoms with Crippen LogP contribution in [0, 0.1) is 0 Å². The van der Waals surface area contributed by atoms with Crippen LogP contribution in [-0.2, 0) is 5.41 Å². The summed E-state index contributed by atoms with van der Waals surface area (Å²) in [4.78, 5) is 2.38. The van der Waals surface area contributed by atoms with E-state index in [0.717, 1.165) is 11.4 Å². The molecule has 29 heavy (non-hydrogen) atoms. The lowest BCUT2D eigenvalue weighted by molar-refractivity contribution is 0.632.